The van der Waals surface area contributed by atoms with E-state index in [0.29, 0.717) is 6.54 Å². The van der Waals surface area contributed by atoms with Crippen LogP contribution in [0.15, 0.2) is 23.0 Å². The van der Waals surface area contributed by atoms with Gasteiger partial charge in [-0.25, -0.2) is 9.59 Å². The number of hydrogen-bond donors (Lipinski definition) is 4. The first-order valence-electron chi connectivity index (χ1n) is 4.95. The highest BCUT2D eigenvalue weighted by molar-refractivity contribution is 5.75. The predicted octanol–water partition coefficient (Wildman–Crippen LogP) is 0.948. The zero-order valence-electron chi connectivity index (χ0n) is 9.41. The van der Waals surface area contributed by atoms with Crippen LogP contribution in [0.5, 0.6) is 0 Å². The van der Waals surface area contributed by atoms with Gasteiger partial charge in [0.2, 0.25) is 0 Å². The maximum absolute atomic E-state index is 10.8. The molecule has 0 radical (unpaired) electrons. The Hall–Kier alpha value is -2.29. The number of aliphatic carboxylic acids is 1. The van der Waals surface area contributed by atoms with E-state index in [-0.39, 0.29) is 5.69 Å². The molecule has 0 bridgehead atoms. The van der Waals surface area contributed by atoms with E-state index in [9.17, 15) is 18.0 Å². The fourth-order valence-corrected chi connectivity index (χ4v) is 1.21. The molecule has 5 N–H and O–H groups in total. The van der Waals surface area contributed by atoms with Gasteiger partial charge in [-0.3, -0.25) is 0 Å². The Kier molecular flexibility index (Phi) is 4.33. The molecule has 2 rings (SSSR count). The zero-order chi connectivity index (χ0) is 14.6. The number of nitrogens with one attached hydrogen (secondary N) is 2. The Morgan fingerprint density at radius 3 is 2.26 bits per heavy atom. The first-order chi connectivity index (χ1) is 8.74. The van der Waals surface area contributed by atoms with E-state index in [1.807, 2.05) is 18.2 Å². The minimum atomic E-state index is -5.08. The van der Waals surface area contributed by atoms with Gasteiger partial charge in [-0.2, -0.15) is 13.2 Å². The number of carboxylic acids is 1. The second-order valence-electron chi connectivity index (χ2n) is 3.47. The fraction of sp³-hybridized carbons (Fsp3) is 0.200. The van der Waals surface area contributed by atoms with Crippen molar-refractivity contribution in [3.8, 4) is 0 Å². The second kappa shape index (κ2) is 5.57. The molecule has 9 heteroatoms. The molecule has 19 heavy (non-hydrogen) atoms. The molecule has 0 aliphatic heterocycles. The maximum Gasteiger partial charge on any atom is 0.490 e. The molecule has 0 fully saturated rings. The summed E-state index contributed by atoms with van der Waals surface area (Å²) in [5.41, 5.74) is 7.90. The van der Waals surface area contributed by atoms with E-state index in [4.69, 9.17) is 15.6 Å². The molecule has 1 heterocycles. The van der Waals surface area contributed by atoms with Crippen molar-refractivity contribution in [3.63, 3.8) is 0 Å². The fourth-order valence-electron chi connectivity index (χ4n) is 1.21. The highest BCUT2D eigenvalue weighted by Gasteiger charge is 2.38. The summed E-state index contributed by atoms with van der Waals surface area (Å²) in [6.07, 6.45) is -5.08. The van der Waals surface area contributed by atoms with Crippen LogP contribution >= 0.6 is 0 Å². The van der Waals surface area contributed by atoms with E-state index in [1.165, 1.54) is 0 Å². The van der Waals surface area contributed by atoms with Crippen LogP contribution in [0.4, 0.5) is 13.2 Å². The molecule has 2 aromatic rings. The third kappa shape index (κ3) is 4.14. The summed E-state index contributed by atoms with van der Waals surface area (Å²) < 4.78 is 31.7. The van der Waals surface area contributed by atoms with Crippen LogP contribution in [0.1, 0.15) is 5.56 Å². The molecular formula is C10H10F3N3O3. The first kappa shape index (κ1) is 14.8. The Labute approximate surface area is 104 Å². The molecule has 6 nitrogen and oxygen atoms in total. The van der Waals surface area contributed by atoms with Crippen molar-refractivity contribution in [1.29, 1.82) is 0 Å². The molecular weight excluding hydrogens is 267 g/mol. The highest BCUT2D eigenvalue weighted by Crippen LogP contribution is 2.13. The molecule has 1 aromatic heterocycles. The van der Waals surface area contributed by atoms with Gasteiger partial charge in [0.25, 0.3) is 0 Å². The number of nitrogens with two attached hydrogens (primary N) is 1. The number of benzene rings is 1. The number of carboxylic acid groups (broad SMARTS) is 1. The molecule has 0 amide bonds. The van der Waals surface area contributed by atoms with Crippen LogP contribution < -0.4 is 11.4 Å². The van der Waals surface area contributed by atoms with E-state index in [0.717, 1.165) is 16.6 Å². The lowest BCUT2D eigenvalue weighted by molar-refractivity contribution is -0.192. The van der Waals surface area contributed by atoms with E-state index < -0.39 is 12.1 Å². The number of halogens is 3. The topological polar surface area (TPSA) is 112 Å². The summed E-state index contributed by atoms with van der Waals surface area (Å²) >= 11 is 0. The summed E-state index contributed by atoms with van der Waals surface area (Å²) in [4.78, 5) is 25.1. The SMILES string of the molecule is NCc1ccc2[nH]c(=O)[nH]c2c1.O=C(O)C(F)(F)F. The van der Waals surface area contributed by atoms with Gasteiger partial charge in [-0.05, 0) is 17.7 Å². The van der Waals surface area contributed by atoms with Gasteiger partial charge in [-0.1, -0.05) is 6.07 Å². The lowest BCUT2D eigenvalue weighted by Crippen LogP contribution is -2.21. The van der Waals surface area contributed by atoms with E-state index >= 15 is 0 Å². The largest absolute Gasteiger partial charge is 0.490 e. The normalized spacial score (nSPS) is 10.9. The van der Waals surface area contributed by atoms with Crippen molar-refractivity contribution in [2.75, 3.05) is 0 Å². The van der Waals surface area contributed by atoms with Crippen LogP contribution in [0.2, 0.25) is 0 Å². The second-order valence-corrected chi connectivity index (χ2v) is 3.47. The molecule has 0 atom stereocenters. The van der Waals surface area contributed by atoms with E-state index in [2.05, 4.69) is 9.97 Å². The van der Waals surface area contributed by atoms with Crippen molar-refractivity contribution >= 4 is 17.0 Å². The number of imidazole rings is 1. The number of alkyl halides is 3. The molecule has 0 saturated carbocycles. The quantitative estimate of drug-likeness (QED) is 0.621. The van der Waals surface area contributed by atoms with Crippen LogP contribution in [0.3, 0.4) is 0 Å². The van der Waals surface area contributed by atoms with Gasteiger partial charge in [0.05, 0.1) is 11.0 Å². The number of aromatic nitrogens is 2. The third-order valence-corrected chi connectivity index (χ3v) is 2.06. The minimum Gasteiger partial charge on any atom is -0.475 e. The van der Waals surface area contributed by atoms with Crippen molar-refractivity contribution in [2.45, 2.75) is 12.7 Å². The van der Waals surface area contributed by atoms with Crippen LogP contribution in [0.25, 0.3) is 11.0 Å². The molecule has 0 saturated heterocycles. The smallest absolute Gasteiger partial charge is 0.475 e. The summed E-state index contributed by atoms with van der Waals surface area (Å²) in [6.45, 7) is 0.489. The summed E-state index contributed by atoms with van der Waals surface area (Å²) in [7, 11) is 0. The summed E-state index contributed by atoms with van der Waals surface area (Å²) in [6, 6.07) is 5.61. The average molecular weight is 277 g/mol. The summed E-state index contributed by atoms with van der Waals surface area (Å²) in [5, 5.41) is 7.12. The van der Waals surface area contributed by atoms with Crippen molar-refractivity contribution < 1.29 is 23.1 Å². The minimum absolute atomic E-state index is 0.181. The molecule has 104 valence electrons. The summed E-state index contributed by atoms with van der Waals surface area (Å²) in [5.74, 6) is -2.76. The Morgan fingerprint density at radius 2 is 1.79 bits per heavy atom. The van der Waals surface area contributed by atoms with Crippen molar-refractivity contribution in [1.82, 2.24) is 9.97 Å². The monoisotopic (exact) mass is 277 g/mol. The van der Waals surface area contributed by atoms with Gasteiger partial charge < -0.3 is 20.8 Å². The van der Waals surface area contributed by atoms with Gasteiger partial charge in [0, 0.05) is 6.54 Å². The average Bonchev–Trinajstić information content (AvgIpc) is 2.67. The molecule has 0 unspecified atom stereocenters. The maximum atomic E-state index is 10.8. The van der Waals surface area contributed by atoms with Crippen LogP contribution in [-0.2, 0) is 11.3 Å². The first-order valence-corrected chi connectivity index (χ1v) is 4.95. The zero-order valence-corrected chi connectivity index (χ0v) is 9.41. The Balaban J connectivity index is 0.000000224. The number of rotatable bonds is 1. The molecule has 0 aliphatic rings. The number of H-pyrrole nitrogens is 2. The number of hydrogen-bond acceptors (Lipinski definition) is 3. The highest BCUT2D eigenvalue weighted by atomic mass is 19.4. The van der Waals surface area contributed by atoms with Gasteiger partial charge >= 0.3 is 17.8 Å². The van der Waals surface area contributed by atoms with Gasteiger partial charge in [0.1, 0.15) is 0 Å². The van der Waals surface area contributed by atoms with Crippen LogP contribution in [-0.4, -0.2) is 27.2 Å². The van der Waals surface area contributed by atoms with Crippen molar-refractivity contribution in [3.05, 3.63) is 34.2 Å². The van der Waals surface area contributed by atoms with Crippen LogP contribution in [0, 0.1) is 0 Å². The third-order valence-electron chi connectivity index (χ3n) is 2.06. The van der Waals surface area contributed by atoms with E-state index in [1.54, 1.807) is 0 Å². The predicted molar refractivity (Wildman–Crippen MR) is 60.5 cm³/mol. The molecule has 0 aliphatic carbocycles. The lowest BCUT2D eigenvalue weighted by Gasteiger charge is -1.94. The molecule has 1 aromatic carbocycles. The Morgan fingerprint density at radius 1 is 1.26 bits per heavy atom. The molecule has 0 spiro atoms. The number of carbonyl (C=O) groups is 1. The Bertz CT molecular complexity index is 630. The number of aromatic amines is 2. The van der Waals surface area contributed by atoms with Crippen molar-refractivity contribution in [2.24, 2.45) is 5.73 Å². The van der Waals surface area contributed by atoms with Gasteiger partial charge in [-0.15, -0.1) is 0 Å². The van der Waals surface area contributed by atoms with Gasteiger partial charge in [0.15, 0.2) is 0 Å². The standard InChI is InChI=1S/C8H9N3O.C2HF3O2/c9-4-5-1-2-6-7(3-5)11-8(12)10-6;3-2(4,5)1(6)7/h1-3H,4,9H2,(H2,10,11,12);(H,6,7). The number of fused-ring (bicyclic) bond motifs is 1. The lowest BCUT2D eigenvalue weighted by atomic mass is 10.2.